The lowest BCUT2D eigenvalue weighted by Crippen LogP contribution is -2.25. The Morgan fingerprint density at radius 2 is 0.704 bits per heavy atom. The smallest absolute Gasteiger partial charge is 0.0465 e. The van der Waals surface area contributed by atoms with E-state index < -0.39 is 0 Å². The summed E-state index contributed by atoms with van der Waals surface area (Å²) in [4.78, 5) is 2.42. The number of nitrogens with zero attached hydrogens (tertiary/aromatic N) is 1. The third-order valence-corrected chi connectivity index (χ3v) is 15.5. The van der Waals surface area contributed by atoms with Gasteiger partial charge in [0, 0.05) is 27.9 Å². The van der Waals surface area contributed by atoms with Crippen molar-refractivity contribution in [1.29, 1.82) is 0 Å². The topological polar surface area (TPSA) is 3.24 Å². The van der Waals surface area contributed by atoms with E-state index in [1.165, 1.54) is 142 Å². The highest BCUT2D eigenvalue weighted by Gasteiger charge is 2.42. The van der Waals surface area contributed by atoms with Crippen LogP contribution < -0.4 is 4.90 Å². The number of anilines is 3. The van der Waals surface area contributed by atoms with Gasteiger partial charge >= 0.3 is 0 Å². The molecular weight excluding hydrogens is 855 g/mol. The highest BCUT2D eigenvalue weighted by molar-refractivity contribution is 5.88. The van der Waals surface area contributed by atoms with Crippen molar-refractivity contribution in [3.8, 4) is 22.3 Å². The molecule has 0 unspecified atom stereocenters. The maximum absolute atomic E-state index is 2.55. The predicted molar refractivity (Wildman–Crippen MR) is 309 cm³/mol. The Hall–Kier alpha value is -7.22. The molecule has 2 aliphatic carbocycles. The van der Waals surface area contributed by atoms with Gasteiger partial charge in [0.25, 0.3) is 0 Å². The zero-order valence-electron chi connectivity index (χ0n) is 42.4. The second-order valence-corrected chi connectivity index (χ2v) is 20.6. The molecule has 71 heavy (non-hydrogen) atoms. The van der Waals surface area contributed by atoms with Crippen LogP contribution >= 0.6 is 0 Å². The number of rotatable bonds is 19. The van der Waals surface area contributed by atoms with E-state index in [0.29, 0.717) is 0 Å². The van der Waals surface area contributed by atoms with Gasteiger partial charge in [-0.3, -0.25) is 0 Å². The monoisotopic (exact) mass is 924 g/mol. The van der Waals surface area contributed by atoms with Crippen LogP contribution in [-0.4, -0.2) is 0 Å². The van der Waals surface area contributed by atoms with Crippen molar-refractivity contribution >= 4 is 53.5 Å². The van der Waals surface area contributed by atoms with Crippen LogP contribution in [0.1, 0.15) is 148 Å². The summed E-state index contributed by atoms with van der Waals surface area (Å²) in [5.74, 6) is 0. The molecule has 0 N–H and O–H groups in total. The molecule has 0 saturated heterocycles. The quantitative estimate of drug-likeness (QED) is 0.0577. The molecule has 1 nitrogen and oxygen atoms in total. The van der Waals surface area contributed by atoms with Gasteiger partial charge in [-0.2, -0.15) is 0 Å². The van der Waals surface area contributed by atoms with Crippen LogP contribution in [0.3, 0.4) is 0 Å². The molecule has 0 fully saturated rings. The van der Waals surface area contributed by atoms with Gasteiger partial charge in [-0.15, -0.1) is 0 Å². The maximum Gasteiger partial charge on any atom is 0.0465 e. The van der Waals surface area contributed by atoms with Crippen molar-refractivity contribution in [1.82, 2.24) is 0 Å². The van der Waals surface area contributed by atoms with Crippen LogP contribution in [0.4, 0.5) is 17.1 Å². The van der Waals surface area contributed by atoms with E-state index in [-0.39, 0.29) is 10.8 Å². The fraction of sp³-hybridized carbons (Fsp3) is 0.229. The fourth-order valence-electron chi connectivity index (χ4n) is 11.6. The summed E-state index contributed by atoms with van der Waals surface area (Å²) in [5.41, 5.74) is 22.0. The Labute approximate surface area is 425 Å². The van der Waals surface area contributed by atoms with E-state index in [9.17, 15) is 0 Å². The third-order valence-electron chi connectivity index (χ3n) is 15.5. The van der Waals surface area contributed by atoms with Gasteiger partial charge in [0.15, 0.2) is 0 Å². The van der Waals surface area contributed by atoms with E-state index in [1.54, 1.807) is 0 Å². The van der Waals surface area contributed by atoms with Crippen LogP contribution in [0, 0.1) is 0 Å². The van der Waals surface area contributed by atoms with Crippen LogP contribution in [-0.2, 0) is 10.8 Å². The van der Waals surface area contributed by atoms with Crippen molar-refractivity contribution < 1.29 is 0 Å². The van der Waals surface area contributed by atoms with Crippen molar-refractivity contribution in [3.05, 3.63) is 244 Å². The van der Waals surface area contributed by atoms with E-state index in [0.717, 1.165) is 17.1 Å². The molecule has 0 spiro atoms. The first-order chi connectivity index (χ1) is 34.8. The van der Waals surface area contributed by atoms with Gasteiger partial charge in [-0.25, -0.2) is 0 Å². The Morgan fingerprint density at radius 1 is 0.324 bits per heavy atom. The summed E-state index contributed by atoms with van der Waals surface area (Å²) in [6.45, 7) is 9.38. The van der Waals surface area contributed by atoms with Crippen molar-refractivity contribution in [2.24, 2.45) is 0 Å². The van der Waals surface area contributed by atoms with Gasteiger partial charge in [0.05, 0.1) is 0 Å². The zero-order valence-corrected chi connectivity index (χ0v) is 42.4. The van der Waals surface area contributed by atoms with Crippen LogP contribution in [0.15, 0.2) is 188 Å². The number of fused-ring (bicyclic) bond motifs is 6. The number of hydrogen-bond donors (Lipinski definition) is 0. The van der Waals surface area contributed by atoms with Gasteiger partial charge < -0.3 is 4.90 Å². The second kappa shape index (κ2) is 21.4. The summed E-state index contributed by atoms with van der Waals surface area (Å²) in [7, 11) is 0. The number of unbranched alkanes of at least 4 members (excludes halogenated alkanes) is 6. The van der Waals surface area contributed by atoms with E-state index in [4.69, 9.17) is 0 Å². The molecule has 0 atom stereocenters. The van der Waals surface area contributed by atoms with Crippen LogP contribution in [0.2, 0.25) is 0 Å². The lowest BCUT2D eigenvalue weighted by atomic mass is 9.70. The molecule has 0 saturated carbocycles. The molecule has 0 aliphatic heterocycles. The Balaban J connectivity index is 0.970. The Bertz CT molecular complexity index is 3150. The summed E-state index contributed by atoms with van der Waals surface area (Å²) < 4.78 is 0. The molecule has 10 rings (SSSR count). The van der Waals surface area contributed by atoms with Crippen molar-refractivity contribution in [2.45, 2.75) is 103 Å². The zero-order chi connectivity index (χ0) is 48.6. The minimum absolute atomic E-state index is 0.00362. The van der Waals surface area contributed by atoms with Crippen LogP contribution in [0.5, 0.6) is 0 Å². The van der Waals surface area contributed by atoms with Crippen molar-refractivity contribution in [3.63, 3.8) is 0 Å². The van der Waals surface area contributed by atoms with Gasteiger partial charge in [-0.1, -0.05) is 267 Å². The molecule has 8 aromatic rings. The summed E-state index contributed by atoms with van der Waals surface area (Å²) in [6, 6.07) is 69.9. The standard InChI is InChI=1S/C70H69N/c1-5-7-9-19-47-70(48-20-10-8-6-2)67-49-56(31-29-53-23-15-12-16-24-53)37-44-63(67)64-45-38-57(50-68(64)70)32-30-55-35-41-59(42-36-55)71(58-39-33-54(34-40-58)28-27-52-21-13-11-14-22-52)60-43-46-62-61-25-17-18-26-65(61)69(3,4)66(62)51-60/h11-18,21-46,49-51H,5-10,19-20,47-48H2,1-4H3/b28-27+,31-29+,32-30+. The van der Waals surface area contributed by atoms with E-state index >= 15 is 0 Å². The molecule has 0 heterocycles. The highest BCUT2D eigenvalue weighted by Crippen LogP contribution is 2.55. The Morgan fingerprint density at radius 3 is 1.20 bits per heavy atom. The molecule has 354 valence electrons. The normalized spacial score (nSPS) is 14.0. The maximum atomic E-state index is 2.55. The summed E-state index contributed by atoms with van der Waals surface area (Å²) in [5, 5.41) is 0. The molecule has 8 aromatic carbocycles. The molecule has 0 amide bonds. The lowest BCUT2D eigenvalue weighted by Gasteiger charge is -2.33. The first-order valence-corrected chi connectivity index (χ1v) is 26.5. The average Bonchev–Trinajstić information content (AvgIpc) is 3.81. The SMILES string of the molecule is CCCCCCC1(CCCCCC)c2cc(/C=C/c3ccccc3)ccc2-c2ccc(/C=C/c3ccc(N(c4ccc(/C=C/c5ccccc5)cc4)c4ccc5c(c4)C(C)(C)c4ccccc4-5)cc3)cc21. The third kappa shape index (κ3) is 10.1. The Kier molecular flexibility index (Phi) is 14.3. The number of hydrogen-bond acceptors (Lipinski definition) is 1. The lowest BCUT2D eigenvalue weighted by molar-refractivity contribution is 0.401. The van der Waals surface area contributed by atoms with E-state index in [2.05, 4.69) is 257 Å². The minimum atomic E-state index is -0.0960. The molecule has 2 aliphatic rings. The molecule has 0 radical (unpaired) electrons. The summed E-state index contributed by atoms with van der Waals surface area (Å²) >= 11 is 0. The molecule has 1 heteroatoms. The largest absolute Gasteiger partial charge is 0.310 e. The average molecular weight is 924 g/mol. The first kappa shape index (κ1) is 47.5. The van der Waals surface area contributed by atoms with Crippen molar-refractivity contribution in [2.75, 3.05) is 4.90 Å². The van der Waals surface area contributed by atoms with Gasteiger partial charge in [-0.05, 0) is 127 Å². The summed E-state index contributed by atoms with van der Waals surface area (Å²) in [6.07, 6.45) is 26.1. The predicted octanol–water partition coefficient (Wildman–Crippen LogP) is 20.2. The van der Waals surface area contributed by atoms with Gasteiger partial charge in [0.1, 0.15) is 0 Å². The fourth-order valence-corrected chi connectivity index (χ4v) is 11.6. The first-order valence-electron chi connectivity index (χ1n) is 26.5. The molecule has 0 aromatic heterocycles. The highest BCUT2D eigenvalue weighted by atomic mass is 15.1. The number of benzene rings is 8. The second-order valence-electron chi connectivity index (χ2n) is 20.6. The van der Waals surface area contributed by atoms with E-state index in [1.807, 2.05) is 0 Å². The minimum Gasteiger partial charge on any atom is -0.310 e. The molecular formula is C70H69N. The van der Waals surface area contributed by atoms with Crippen LogP contribution in [0.25, 0.3) is 58.7 Å². The molecule has 0 bridgehead atoms. The van der Waals surface area contributed by atoms with Gasteiger partial charge in [0.2, 0.25) is 0 Å².